The van der Waals surface area contributed by atoms with Gasteiger partial charge in [-0.25, -0.2) is 0 Å². The van der Waals surface area contributed by atoms with Crippen molar-refractivity contribution in [1.29, 1.82) is 0 Å². The molecule has 0 radical (unpaired) electrons. The Balaban J connectivity index is 2.54. The maximum atomic E-state index is 10.9. The van der Waals surface area contributed by atoms with E-state index in [-0.39, 0.29) is 0 Å². The number of nitrogens with two attached hydrogens (primary N) is 1. The van der Waals surface area contributed by atoms with Crippen molar-refractivity contribution >= 4 is 34.2 Å². The number of thioether (sulfide) groups is 1. The molecule has 1 heterocycles. The first-order valence-corrected chi connectivity index (χ1v) is 6.31. The summed E-state index contributed by atoms with van der Waals surface area (Å²) in [6.45, 7) is 2.03. The Morgan fingerprint density at radius 3 is 2.87 bits per heavy atom. The second kappa shape index (κ2) is 5.92. The number of anilines is 1. The lowest BCUT2D eigenvalue weighted by Gasteiger charge is -2.08. The zero-order valence-electron chi connectivity index (χ0n) is 8.34. The highest BCUT2D eigenvalue weighted by molar-refractivity contribution is 8.02. The van der Waals surface area contributed by atoms with E-state index in [2.05, 4.69) is 10.2 Å². The SMILES string of the molecule is CCCCC(Sc1nnc(N)s1)C(=O)O. The molecule has 0 aliphatic carbocycles. The van der Waals surface area contributed by atoms with Crippen LogP contribution in [0.2, 0.25) is 0 Å². The maximum absolute atomic E-state index is 10.9. The second-order valence-corrected chi connectivity index (χ2v) is 5.45. The highest BCUT2D eigenvalue weighted by Gasteiger charge is 2.20. The first-order chi connectivity index (χ1) is 7.13. The Labute approximate surface area is 96.1 Å². The molecule has 1 aromatic heterocycles. The van der Waals surface area contributed by atoms with E-state index in [0.717, 1.165) is 12.8 Å². The molecule has 0 saturated carbocycles. The van der Waals surface area contributed by atoms with E-state index in [1.807, 2.05) is 6.92 Å². The molecule has 0 aliphatic rings. The summed E-state index contributed by atoms with van der Waals surface area (Å²) in [6, 6.07) is 0. The Morgan fingerprint density at radius 1 is 1.67 bits per heavy atom. The van der Waals surface area contributed by atoms with Crippen LogP contribution in [0.3, 0.4) is 0 Å². The number of hydrogen-bond donors (Lipinski definition) is 2. The predicted octanol–water partition coefficient (Wildman–Crippen LogP) is 1.86. The van der Waals surface area contributed by atoms with Crippen molar-refractivity contribution in [3.8, 4) is 0 Å². The highest BCUT2D eigenvalue weighted by Crippen LogP contribution is 2.30. The van der Waals surface area contributed by atoms with Gasteiger partial charge in [-0.05, 0) is 6.42 Å². The van der Waals surface area contributed by atoms with Crippen molar-refractivity contribution in [2.24, 2.45) is 0 Å². The number of carboxylic acids is 1. The number of nitrogens with zero attached hydrogens (tertiary/aromatic N) is 2. The standard InChI is InChI=1S/C8H13N3O2S2/c1-2-3-4-5(6(12)13)14-8-11-10-7(9)15-8/h5H,2-4H2,1H3,(H2,9,10)(H,12,13). The Morgan fingerprint density at radius 2 is 2.40 bits per heavy atom. The van der Waals surface area contributed by atoms with Crippen molar-refractivity contribution in [3.63, 3.8) is 0 Å². The van der Waals surface area contributed by atoms with E-state index in [1.165, 1.54) is 23.1 Å². The molecule has 0 aromatic carbocycles. The van der Waals surface area contributed by atoms with Gasteiger partial charge in [0, 0.05) is 0 Å². The van der Waals surface area contributed by atoms with E-state index < -0.39 is 11.2 Å². The maximum Gasteiger partial charge on any atom is 0.317 e. The van der Waals surface area contributed by atoms with E-state index in [1.54, 1.807) is 0 Å². The molecule has 1 rings (SSSR count). The van der Waals surface area contributed by atoms with Gasteiger partial charge in [-0.2, -0.15) is 0 Å². The fourth-order valence-electron chi connectivity index (χ4n) is 1.01. The molecular formula is C8H13N3O2S2. The molecule has 84 valence electrons. The third-order valence-electron chi connectivity index (χ3n) is 1.76. The summed E-state index contributed by atoms with van der Waals surface area (Å²) in [5.74, 6) is -0.803. The zero-order chi connectivity index (χ0) is 11.3. The summed E-state index contributed by atoms with van der Waals surface area (Å²) in [5, 5.41) is 16.3. The number of hydrogen-bond acceptors (Lipinski definition) is 6. The molecule has 0 aliphatic heterocycles. The number of carbonyl (C=O) groups is 1. The van der Waals surface area contributed by atoms with Gasteiger partial charge in [-0.15, -0.1) is 10.2 Å². The number of rotatable bonds is 6. The molecular weight excluding hydrogens is 234 g/mol. The number of unbranched alkanes of at least 4 members (excludes halogenated alkanes) is 1. The van der Waals surface area contributed by atoms with Crippen LogP contribution in [0.5, 0.6) is 0 Å². The van der Waals surface area contributed by atoms with Crippen LogP contribution in [0.4, 0.5) is 5.13 Å². The molecule has 1 aromatic rings. The zero-order valence-corrected chi connectivity index (χ0v) is 9.98. The van der Waals surface area contributed by atoms with Gasteiger partial charge in [0.05, 0.1) is 0 Å². The summed E-state index contributed by atoms with van der Waals surface area (Å²) >= 11 is 2.45. The van der Waals surface area contributed by atoms with Crippen molar-refractivity contribution in [3.05, 3.63) is 0 Å². The van der Waals surface area contributed by atoms with E-state index in [0.29, 0.717) is 15.9 Å². The van der Waals surface area contributed by atoms with Crippen LogP contribution in [-0.4, -0.2) is 26.5 Å². The molecule has 15 heavy (non-hydrogen) atoms. The minimum atomic E-state index is -0.803. The fraction of sp³-hybridized carbons (Fsp3) is 0.625. The van der Waals surface area contributed by atoms with Crippen molar-refractivity contribution in [2.75, 3.05) is 5.73 Å². The molecule has 0 amide bonds. The summed E-state index contributed by atoms with van der Waals surface area (Å²) < 4.78 is 0.621. The normalized spacial score (nSPS) is 12.6. The quantitative estimate of drug-likeness (QED) is 0.746. The molecule has 1 unspecified atom stereocenters. The third-order valence-corrected chi connectivity index (χ3v) is 3.85. The topological polar surface area (TPSA) is 89.1 Å². The Kier molecular flexibility index (Phi) is 4.83. The molecule has 0 bridgehead atoms. The molecule has 3 N–H and O–H groups in total. The lowest BCUT2D eigenvalue weighted by Crippen LogP contribution is -2.15. The van der Waals surface area contributed by atoms with Crippen LogP contribution in [-0.2, 0) is 4.79 Å². The lowest BCUT2D eigenvalue weighted by molar-refractivity contribution is -0.136. The summed E-state index contributed by atoms with van der Waals surface area (Å²) in [6.07, 6.45) is 2.54. The molecule has 0 saturated heterocycles. The van der Waals surface area contributed by atoms with Crippen molar-refractivity contribution in [2.45, 2.75) is 35.8 Å². The minimum Gasteiger partial charge on any atom is -0.480 e. The minimum absolute atomic E-state index is 0.372. The van der Waals surface area contributed by atoms with E-state index in [4.69, 9.17) is 10.8 Å². The van der Waals surface area contributed by atoms with Crippen LogP contribution in [0.25, 0.3) is 0 Å². The van der Waals surface area contributed by atoms with Crippen molar-refractivity contribution < 1.29 is 9.90 Å². The Bertz CT molecular complexity index is 329. The van der Waals surface area contributed by atoms with Gasteiger partial charge >= 0.3 is 5.97 Å². The predicted molar refractivity (Wildman–Crippen MR) is 61.1 cm³/mol. The summed E-state index contributed by atoms with van der Waals surface area (Å²) in [5.41, 5.74) is 5.41. The van der Waals surface area contributed by atoms with Gasteiger partial charge in [0.2, 0.25) is 5.13 Å². The number of aliphatic carboxylic acids is 1. The molecule has 5 nitrogen and oxygen atoms in total. The molecule has 0 fully saturated rings. The van der Waals surface area contributed by atoms with Gasteiger partial charge < -0.3 is 10.8 Å². The van der Waals surface area contributed by atoms with E-state index in [9.17, 15) is 4.79 Å². The molecule has 1 atom stereocenters. The van der Waals surface area contributed by atoms with Crippen LogP contribution in [0.15, 0.2) is 4.34 Å². The monoisotopic (exact) mass is 247 g/mol. The van der Waals surface area contributed by atoms with Crippen LogP contribution in [0.1, 0.15) is 26.2 Å². The van der Waals surface area contributed by atoms with Gasteiger partial charge in [-0.3, -0.25) is 4.79 Å². The van der Waals surface area contributed by atoms with Gasteiger partial charge in [0.25, 0.3) is 0 Å². The van der Waals surface area contributed by atoms with Gasteiger partial charge in [-0.1, -0.05) is 42.9 Å². The number of aromatic nitrogens is 2. The fourth-order valence-corrected chi connectivity index (χ4v) is 2.87. The highest BCUT2D eigenvalue weighted by atomic mass is 32.2. The first-order valence-electron chi connectivity index (χ1n) is 4.62. The lowest BCUT2D eigenvalue weighted by atomic mass is 10.2. The Hall–Kier alpha value is -0.820. The van der Waals surface area contributed by atoms with Crippen molar-refractivity contribution in [1.82, 2.24) is 10.2 Å². The number of nitrogen functional groups attached to an aromatic ring is 1. The molecule has 7 heteroatoms. The summed E-state index contributed by atoms with van der Waals surface area (Å²) in [7, 11) is 0. The van der Waals surface area contributed by atoms with Gasteiger partial charge in [0.15, 0.2) is 4.34 Å². The molecule has 0 spiro atoms. The average molecular weight is 247 g/mol. The van der Waals surface area contributed by atoms with Crippen LogP contribution < -0.4 is 5.73 Å². The third kappa shape index (κ3) is 4.05. The largest absolute Gasteiger partial charge is 0.480 e. The smallest absolute Gasteiger partial charge is 0.317 e. The average Bonchev–Trinajstić information content (AvgIpc) is 2.58. The van der Waals surface area contributed by atoms with E-state index >= 15 is 0 Å². The summed E-state index contributed by atoms with van der Waals surface area (Å²) in [4.78, 5) is 10.9. The second-order valence-electron chi connectivity index (χ2n) is 2.99. The number of carboxylic acid groups (broad SMARTS) is 1. The van der Waals surface area contributed by atoms with Crippen LogP contribution in [0, 0.1) is 0 Å². The van der Waals surface area contributed by atoms with Crippen LogP contribution >= 0.6 is 23.1 Å². The van der Waals surface area contributed by atoms with Gasteiger partial charge in [0.1, 0.15) is 5.25 Å². The first kappa shape index (κ1) is 12.3.